The van der Waals surface area contributed by atoms with Crippen LogP contribution in [-0.2, 0) is 9.59 Å². The Labute approximate surface area is 230 Å². The molecule has 198 valence electrons. The quantitative estimate of drug-likeness (QED) is 0.266. The number of amides is 2. The van der Waals surface area contributed by atoms with Crippen LogP contribution in [0.5, 0.6) is 0 Å². The van der Waals surface area contributed by atoms with Crippen LogP contribution in [0.25, 0.3) is 6.08 Å². The molecule has 1 saturated carbocycles. The SMILES string of the molecule is CCCCN(CCCNC(=O)CN1C(=O)/C(=C/c2cccc(Cl)c2)SC2CCCCC21)c1ccccc1. The first-order valence-electron chi connectivity index (χ1n) is 13.6. The van der Waals surface area contributed by atoms with Crippen LogP contribution in [0.4, 0.5) is 5.69 Å². The zero-order valence-electron chi connectivity index (χ0n) is 21.7. The summed E-state index contributed by atoms with van der Waals surface area (Å²) in [5.41, 5.74) is 2.13. The number of fused-ring (bicyclic) bond motifs is 1. The zero-order chi connectivity index (χ0) is 26.0. The Hall–Kier alpha value is -2.44. The highest BCUT2D eigenvalue weighted by atomic mass is 35.5. The Bertz CT molecular complexity index is 1080. The van der Waals surface area contributed by atoms with Crippen molar-refractivity contribution in [2.45, 2.75) is 63.2 Å². The van der Waals surface area contributed by atoms with Crippen molar-refractivity contribution in [1.29, 1.82) is 0 Å². The van der Waals surface area contributed by atoms with Crippen LogP contribution in [-0.4, -0.2) is 54.2 Å². The summed E-state index contributed by atoms with van der Waals surface area (Å²) in [7, 11) is 0. The van der Waals surface area contributed by atoms with Gasteiger partial charge in [0, 0.05) is 41.6 Å². The van der Waals surface area contributed by atoms with Crippen molar-refractivity contribution >= 4 is 46.9 Å². The topological polar surface area (TPSA) is 52.7 Å². The highest BCUT2D eigenvalue weighted by Gasteiger charge is 2.41. The Kier molecular flexibility index (Phi) is 10.4. The summed E-state index contributed by atoms with van der Waals surface area (Å²) in [6.07, 6.45) is 9.38. The minimum absolute atomic E-state index is 0.0434. The van der Waals surface area contributed by atoms with Gasteiger partial charge in [0.05, 0.1) is 4.91 Å². The Morgan fingerprint density at radius 2 is 1.89 bits per heavy atom. The number of halogens is 1. The predicted molar refractivity (Wildman–Crippen MR) is 156 cm³/mol. The van der Waals surface area contributed by atoms with E-state index >= 15 is 0 Å². The zero-order valence-corrected chi connectivity index (χ0v) is 23.3. The van der Waals surface area contributed by atoms with Crippen molar-refractivity contribution in [2.24, 2.45) is 0 Å². The van der Waals surface area contributed by atoms with Gasteiger partial charge in [0.15, 0.2) is 0 Å². The Morgan fingerprint density at radius 1 is 1.11 bits per heavy atom. The molecule has 4 rings (SSSR count). The van der Waals surface area contributed by atoms with Crippen molar-refractivity contribution < 1.29 is 9.59 Å². The second-order valence-electron chi connectivity index (χ2n) is 9.88. The van der Waals surface area contributed by atoms with E-state index in [1.54, 1.807) is 11.8 Å². The van der Waals surface area contributed by atoms with Crippen LogP contribution >= 0.6 is 23.4 Å². The van der Waals surface area contributed by atoms with Crippen LogP contribution in [0.15, 0.2) is 59.5 Å². The summed E-state index contributed by atoms with van der Waals surface area (Å²) in [4.78, 5) is 31.4. The molecule has 2 atom stereocenters. The van der Waals surface area contributed by atoms with Crippen molar-refractivity contribution in [3.05, 3.63) is 70.1 Å². The molecule has 2 aromatic rings. The maximum absolute atomic E-state index is 13.5. The molecule has 0 radical (unpaired) electrons. The van der Waals surface area contributed by atoms with E-state index in [0.29, 0.717) is 21.7 Å². The monoisotopic (exact) mass is 539 g/mol. The summed E-state index contributed by atoms with van der Waals surface area (Å²) < 4.78 is 0. The van der Waals surface area contributed by atoms with Gasteiger partial charge in [0.2, 0.25) is 5.91 Å². The second-order valence-corrected chi connectivity index (χ2v) is 11.6. The van der Waals surface area contributed by atoms with Gasteiger partial charge in [0.1, 0.15) is 6.54 Å². The van der Waals surface area contributed by atoms with Gasteiger partial charge in [-0.25, -0.2) is 0 Å². The van der Waals surface area contributed by atoms with Gasteiger partial charge in [-0.15, -0.1) is 11.8 Å². The average molecular weight is 540 g/mol. The fourth-order valence-electron chi connectivity index (χ4n) is 5.18. The molecule has 7 heteroatoms. The average Bonchev–Trinajstić information content (AvgIpc) is 2.91. The molecule has 0 aromatic heterocycles. The van der Waals surface area contributed by atoms with Crippen LogP contribution in [0, 0.1) is 0 Å². The van der Waals surface area contributed by atoms with Gasteiger partial charge in [0.25, 0.3) is 5.91 Å². The number of hydrogen-bond acceptors (Lipinski definition) is 4. The third-order valence-electron chi connectivity index (χ3n) is 7.11. The number of para-hydroxylation sites is 1. The fraction of sp³-hybridized carbons (Fsp3) is 0.467. The number of nitrogens with one attached hydrogen (secondary N) is 1. The van der Waals surface area contributed by atoms with Gasteiger partial charge in [-0.05, 0) is 61.6 Å². The minimum Gasteiger partial charge on any atom is -0.371 e. The summed E-state index contributed by atoms with van der Waals surface area (Å²) >= 11 is 7.83. The number of nitrogens with zero attached hydrogens (tertiary/aromatic N) is 2. The fourth-order valence-corrected chi connectivity index (χ4v) is 6.85. The number of hydrogen-bond donors (Lipinski definition) is 1. The molecule has 1 saturated heterocycles. The van der Waals surface area contributed by atoms with Crippen LogP contribution in [0.3, 0.4) is 0 Å². The van der Waals surface area contributed by atoms with Crippen molar-refractivity contribution in [2.75, 3.05) is 31.1 Å². The van der Waals surface area contributed by atoms with Gasteiger partial charge < -0.3 is 15.1 Å². The number of anilines is 1. The van der Waals surface area contributed by atoms with Crippen molar-refractivity contribution in [1.82, 2.24) is 10.2 Å². The summed E-state index contributed by atoms with van der Waals surface area (Å²) in [5.74, 6) is -0.121. The molecule has 2 fully saturated rings. The van der Waals surface area contributed by atoms with Gasteiger partial charge in [-0.1, -0.05) is 68.1 Å². The van der Waals surface area contributed by atoms with Crippen molar-refractivity contribution in [3.63, 3.8) is 0 Å². The van der Waals surface area contributed by atoms with E-state index in [0.717, 1.165) is 57.2 Å². The van der Waals surface area contributed by atoms with Crippen LogP contribution < -0.4 is 10.2 Å². The molecular formula is C30H38ClN3O2S. The van der Waals surface area contributed by atoms with Crippen LogP contribution in [0.1, 0.15) is 57.4 Å². The predicted octanol–water partition coefficient (Wildman–Crippen LogP) is 6.38. The molecule has 5 nitrogen and oxygen atoms in total. The molecule has 2 amide bonds. The number of carbonyl (C=O) groups is 2. The third kappa shape index (κ3) is 7.78. The summed E-state index contributed by atoms with van der Waals surface area (Å²) in [6.45, 7) is 4.83. The number of rotatable bonds is 11. The smallest absolute Gasteiger partial charge is 0.261 e. The normalized spacial score (nSPS) is 20.5. The molecule has 1 aliphatic carbocycles. The molecule has 2 aromatic carbocycles. The van der Waals surface area contributed by atoms with E-state index < -0.39 is 0 Å². The van der Waals surface area contributed by atoms with Crippen molar-refractivity contribution in [3.8, 4) is 0 Å². The number of unbranched alkanes of at least 4 members (excludes halogenated alkanes) is 1. The number of benzene rings is 2. The molecule has 2 aliphatic rings. The molecule has 1 aliphatic heterocycles. The maximum Gasteiger partial charge on any atom is 0.261 e. The van der Waals surface area contributed by atoms with E-state index in [1.807, 2.05) is 41.3 Å². The molecule has 1 heterocycles. The molecule has 37 heavy (non-hydrogen) atoms. The van der Waals surface area contributed by atoms with Gasteiger partial charge >= 0.3 is 0 Å². The number of thioether (sulfide) groups is 1. The summed E-state index contributed by atoms with van der Waals surface area (Å²) in [6, 6.07) is 18.1. The third-order valence-corrected chi connectivity index (χ3v) is 8.74. The van der Waals surface area contributed by atoms with Gasteiger partial charge in [-0.3, -0.25) is 9.59 Å². The largest absolute Gasteiger partial charge is 0.371 e. The highest BCUT2D eigenvalue weighted by molar-refractivity contribution is 8.04. The lowest BCUT2D eigenvalue weighted by Gasteiger charge is -2.43. The standard InChI is InChI=1S/C30H38ClN3O2S/c1-2-3-18-33(25-13-5-4-6-14-25)19-10-17-32-29(35)22-34-26-15-7-8-16-27(26)37-28(30(34)36)21-23-11-9-12-24(31)20-23/h4-6,9,11-14,20-21,26-27H,2-3,7-8,10,15-19,22H2,1H3,(H,32,35)/b28-21-. The maximum atomic E-state index is 13.5. The molecule has 1 N–H and O–H groups in total. The lowest BCUT2D eigenvalue weighted by Crippen LogP contribution is -2.54. The van der Waals surface area contributed by atoms with E-state index in [9.17, 15) is 9.59 Å². The molecule has 0 bridgehead atoms. The Morgan fingerprint density at radius 3 is 2.68 bits per heavy atom. The molecule has 0 spiro atoms. The van der Waals surface area contributed by atoms with E-state index in [-0.39, 0.29) is 24.4 Å². The second kappa shape index (κ2) is 13.9. The lowest BCUT2D eigenvalue weighted by atomic mass is 9.93. The first kappa shape index (κ1) is 27.6. The summed E-state index contributed by atoms with van der Waals surface area (Å²) in [5, 5.41) is 4.06. The van der Waals surface area contributed by atoms with E-state index in [1.165, 1.54) is 12.1 Å². The van der Waals surface area contributed by atoms with Gasteiger partial charge in [-0.2, -0.15) is 0 Å². The number of carbonyl (C=O) groups excluding carboxylic acids is 2. The molecular weight excluding hydrogens is 502 g/mol. The first-order valence-corrected chi connectivity index (χ1v) is 14.8. The first-order chi connectivity index (χ1) is 18.0. The van der Waals surface area contributed by atoms with E-state index in [2.05, 4.69) is 41.4 Å². The minimum atomic E-state index is -0.0773. The van der Waals surface area contributed by atoms with Crippen LogP contribution in [0.2, 0.25) is 5.02 Å². The lowest BCUT2D eigenvalue weighted by molar-refractivity contribution is -0.135. The Balaban J connectivity index is 1.35. The molecule has 2 unspecified atom stereocenters. The highest BCUT2D eigenvalue weighted by Crippen LogP contribution is 2.42. The van der Waals surface area contributed by atoms with E-state index in [4.69, 9.17) is 11.6 Å².